The number of carboxylic acid groups (broad SMARTS) is 1. The van der Waals surface area contributed by atoms with Crippen LogP contribution in [-0.4, -0.2) is 33.0 Å². The number of carboxylic acids is 1. The van der Waals surface area contributed by atoms with Gasteiger partial charge in [0.05, 0.1) is 24.1 Å². The molecule has 0 atom stereocenters. The van der Waals surface area contributed by atoms with Gasteiger partial charge in [-0.15, -0.1) is 0 Å². The van der Waals surface area contributed by atoms with Gasteiger partial charge in [0, 0.05) is 12.3 Å². The minimum atomic E-state index is -0.808. The number of rotatable bonds is 9. The number of thioether (sulfide) groups is 1. The molecule has 0 aliphatic rings. The highest BCUT2D eigenvalue weighted by Crippen LogP contribution is 2.28. The summed E-state index contributed by atoms with van der Waals surface area (Å²) in [4.78, 5) is 15.7. The first-order valence-corrected chi connectivity index (χ1v) is 10.5. The smallest absolute Gasteiger partial charge is 0.305 e. The van der Waals surface area contributed by atoms with Crippen LogP contribution in [0.15, 0.2) is 47.6 Å². The lowest BCUT2D eigenvalue weighted by Gasteiger charge is -2.15. The lowest BCUT2D eigenvalue weighted by atomic mass is 10.00. The SMILES string of the molecule is Cc1ccc(OCCSc2nc3ccccc3n2CCC(=O)O)c(C(C)C)c1. The number of benzene rings is 2. The molecule has 3 aromatic rings. The lowest BCUT2D eigenvalue weighted by Crippen LogP contribution is -2.07. The Morgan fingerprint density at radius 3 is 2.79 bits per heavy atom. The van der Waals surface area contributed by atoms with Crippen molar-refractivity contribution in [3.63, 3.8) is 0 Å². The summed E-state index contributed by atoms with van der Waals surface area (Å²) in [6, 6.07) is 14.1. The van der Waals surface area contributed by atoms with Gasteiger partial charge in [-0.3, -0.25) is 4.79 Å². The van der Waals surface area contributed by atoms with E-state index < -0.39 is 5.97 Å². The summed E-state index contributed by atoms with van der Waals surface area (Å²) in [5.41, 5.74) is 4.31. The fourth-order valence-corrected chi connectivity index (χ4v) is 3.98. The number of aliphatic carboxylic acids is 1. The van der Waals surface area contributed by atoms with Crippen molar-refractivity contribution in [2.75, 3.05) is 12.4 Å². The van der Waals surface area contributed by atoms with Crippen molar-refractivity contribution in [2.45, 2.75) is 44.8 Å². The first-order valence-electron chi connectivity index (χ1n) is 9.49. The maximum atomic E-state index is 11.0. The van der Waals surface area contributed by atoms with E-state index in [1.807, 2.05) is 34.9 Å². The van der Waals surface area contributed by atoms with E-state index in [1.165, 1.54) is 11.1 Å². The molecule has 3 rings (SSSR count). The molecule has 0 saturated carbocycles. The van der Waals surface area contributed by atoms with Gasteiger partial charge in [-0.2, -0.15) is 0 Å². The molecular weight excluding hydrogens is 372 g/mol. The third-order valence-electron chi connectivity index (χ3n) is 4.53. The molecule has 6 heteroatoms. The van der Waals surface area contributed by atoms with E-state index in [9.17, 15) is 4.79 Å². The number of fused-ring (bicyclic) bond motifs is 1. The molecule has 148 valence electrons. The Balaban J connectivity index is 1.67. The second-order valence-corrected chi connectivity index (χ2v) is 8.13. The molecular formula is C22H26N2O3S. The fourth-order valence-electron chi connectivity index (χ4n) is 3.12. The number of hydrogen-bond acceptors (Lipinski definition) is 4. The number of aryl methyl sites for hydroxylation is 2. The minimum Gasteiger partial charge on any atom is -0.492 e. The Morgan fingerprint density at radius 2 is 2.04 bits per heavy atom. The molecule has 0 amide bonds. The predicted octanol–water partition coefficient (Wildman–Crippen LogP) is 5.11. The summed E-state index contributed by atoms with van der Waals surface area (Å²) in [5, 5.41) is 9.88. The zero-order chi connectivity index (χ0) is 20.1. The van der Waals surface area contributed by atoms with Crippen LogP contribution in [0.1, 0.15) is 37.3 Å². The van der Waals surface area contributed by atoms with Crippen LogP contribution in [0.25, 0.3) is 11.0 Å². The number of imidazole rings is 1. The van der Waals surface area contributed by atoms with Crippen LogP contribution in [-0.2, 0) is 11.3 Å². The van der Waals surface area contributed by atoms with Crippen molar-refractivity contribution in [1.82, 2.24) is 9.55 Å². The lowest BCUT2D eigenvalue weighted by molar-refractivity contribution is -0.137. The van der Waals surface area contributed by atoms with Crippen molar-refractivity contribution in [3.8, 4) is 5.75 Å². The Kier molecular flexibility index (Phi) is 6.62. The van der Waals surface area contributed by atoms with E-state index in [2.05, 4.69) is 37.9 Å². The van der Waals surface area contributed by atoms with Crippen molar-refractivity contribution >= 4 is 28.8 Å². The fraction of sp³-hybridized carbons (Fsp3) is 0.364. The molecule has 1 aromatic heterocycles. The highest BCUT2D eigenvalue weighted by molar-refractivity contribution is 7.99. The molecule has 1 heterocycles. The van der Waals surface area contributed by atoms with Crippen LogP contribution in [0.2, 0.25) is 0 Å². The average Bonchev–Trinajstić information content (AvgIpc) is 3.01. The number of carbonyl (C=O) groups is 1. The number of aromatic nitrogens is 2. The van der Waals surface area contributed by atoms with Gasteiger partial charge in [0.15, 0.2) is 5.16 Å². The molecule has 0 unspecified atom stereocenters. The second-order valence-electron chi connectivity index (χ2n) is 7.07. The Hall–Kier alpha value is -2.47. The zero-order valence-electron chi connectivity index (χ0n) is 16.5. The predicted molar refractivity (Wildman–Crippen MR) is 113 cm³/mol. The molecule has 2 aromatic carbocycles. The molecule has 0 radical (unpaired) electrons. The third kappa shape index (κ3) is 4.87. The van der Waals surface area contributed by atoms with Crippen LogP contribution in [0, 0.1) is 6.92 Å². The standard InChI is InChI=1S/C22H26N2O3S/c1-15(2)17-14-16(3)8-9-20(17)27-12-13-28-22-23-18-6-4-5-7-19(18)24(22)11-10-21(25)26/h4-9,14-15H,10-13H2,1-3H3,(H,25,26). The van der Waals surface area contributed by atoms with Crippen molar-refractivity contribution in [2.24, 2.45) is 0 Å². The molecule has 0 aliphatic carbocycles. The summed E-state index contributed by atoms with van der Waals surface area (Å²) in [7, 11) is 0. The molecule has 0 aliphatic heterocycles. The Morgan fingerprint density at radius 1 is 1.25 bits per heavy atom. The van der Waals surface area contributed by atoms with E-state index in [4.69, 9.17) is 9.84 Å². The molecule has 0 bridgehead atoms. The largest absolute Gasteiger partial charge is 0.492 e. The number of nitrogens with zero attached hydrogens (tertiary/aromatic N) is 2. The summed E-state index contributed by atoms with van der Waals surface area (Å²) >= 11 is 1.60. The van der Waals surface area contributed by atoms with E-state index in [-0.39, 0.29) is 6.42 Å². The molecule has 1 N–H and O–H groups in total. The summed E-state index contributed by atoms with van der Waals surface area (Å²) < 4.78 is 8.02. The summed E-state index contributed by atoms with van der Waals surface area (Å²) in [6.45, 7) is 7.40. The minimum absolute atomic E-state index is 0.0749. The molecule has 0 saturated heterocycles. The van der Waals surface area contributed by atoms with Crippen LogP contribution in [0.3, 0.4) is 0 Å². The van der Waals surface area contributed by atoms with Gasteiger partial charge in [-0.25, -0.2) is 4.98 Å². The van der Waals surface area contributed by atoms with Gasteiger partial charge in [0.25, 0.3) is 0 Å². The maximum Gasteiger partial charge on any atom is 0.305 e. The van der Waals surface area contributed by atoms with Crippen molar-refractivity contribution < 1.29 is 14.6 Å². The van der Waals surface area contributed by atoms with Crippen LogP contribution < -0.4 is 4.74 Å². The van der Waals surface area contributed by atoms with Crippen LogP contribution in [0.5, 0.6) is 5.75 Å². The molecule has 0 fully saturated rings. The number of hydrogen-bond donors (Lipinski definition) is 1. The first-order chi connectivity index (χ1) is 13.5. The molecule has 28 heavy (non-hydrogen) atoms. The topological polar surface area (TPSA) is 64.4 Å². The monoisotopic (exact) mass is 398 g/mol. The first kappa shape index (κ1) is 20.3. The second kappa shape index (κ2) is 9.15. The highest BCUT2D eigenvalue weighted by Gasteiger charge is 2.13. The molecule has 5 nitrogen and oxygen atoms in total. The van der Waals surface area contributed by atoms with Crippen LogP contribution >= 0.6 is 11.8 Å². The van der Waals surface area contributed by atoms with E-state index in [0.29, 0.717) is 19.1 Å². The maximum absolute atomic E-state index is 11.0. The van der Waals surface area contributed by atoms with Crippen molar-refractivity contribution in [1.29, 1.82) is 0 Å². The van der Waals surface area contributed by atoms with Crippen molar-refractivity contribution in [3.05, 3.63) is 53.6 Å². The van der Waals surface area contributed by atoms with Gasteiger partial charge >= 0.3 is 5.97 Å². The Labute approximate surface area is 169 Å². The normalized spacial score (nSPS) is 11.3. The van der Waals surface area contributed by atoms with Gasteiger partial charge in [0.2, 0.25) is 0 Å². The van der Waals surface area contributed by atoms with Gasteiger partial charge < -0.3 is 14.4 Å². The van der Waals surface area contributed by atoms with E-state index >= 15 is 0 Å². The average molecular weight is 399 g/mol. The van der Waals surface area contributed by atoms with E-state index in [0.717, 1.165) is 27.7 Å². The number of para-hydroxylation sites is 2. The van der Waals surface area contributed by atoms with Gasteiger partial charge in [-0.05, 0) is 36.6 Å². The quantitative estimate of drug-likeness (QED) is 0.401. The highest BCUT2D eigenvalue weighted by atomic mass is 32.2. The Bertz CT molecular complexity index is 966. The summed E-state index contributed by atoms with van der Waals surface area (Å²) in [5.74, 6) is 1.27. The third-order valence-corrected chi connectivity index (χ3v) is 5.47. The van der Waals surface area contributed by atoms with E-state index in [1.54, 1.807) is 11.8 Å². The number of ether oxygens (including phenoxy) is 1. The van der Waals surface area contributed by atoms with Gasteiger partial charge in [0.1, 0.15) is 5.75 Å². The van der Waals surface area contributed by atoms with Gasteiger partial charge in [-0.1, -0.05) is 55.4 Å². The summed E-state index contributed by atoms with van der Waals surface area (Å²) in [6.07, 6.45) is 0.0749. The zero-order valence-corrected chi connectivity index (χ0v) is 17.3. The molecule has 0 spiro atoms. The van der Waals surface area contributed by atoms with Crippen LogP contribution in [0.4, 0.5) is 0 Å².